The molecule has 1 atom stereocenters. The fourth-order valence-corrected chi connectivity index (χ4v) is 7.63. The summed E-state index contributed by atoms with van der Waals surface area (Å²) in [7, 11) is -3.15. The molecule has 0 radical (unpaired) electrons. The molecule has 1 aromatic heterocycles. The van der Waals surface area contributed by atoms with Crippen molar-refractivity contribution in [3.8, 4) is 28.4 Å². The van der Waals surface area contributed by atoms with Crippen LogP contribution in [0.5, 0.6) is 11.5 Å². The highest BCUT2D eigenvalue weighted by Crippen LogP contribution is 2.39. The van der Waals surface area contributed by atoms with Gasteiger partial charge in [-0.2, -0.15) is 5.10 Å². The van der Waals surface area contributed by atoms with E-state index in [4.69, 9.17) is 26.8 Å². The molecule has 0 N–H and O–H groups in total. The fourth-order valence-electron chi connectivity index (χ4n) is 4.54. The second kappa shape index (κ2) is 9.06. The van der Waals surface area contributed by atoms with Crippen LogP contribution in [-0.4, -0.2) is 64.1 Å². The van der Waals surface area contributed by atoms with E-state index in [0.29, 0.717) is 46.1 Å². The van der Waals surface area contributed by atoms with Crippen molar-refractivity contribution >= 4 is 50.1 Å². The highest BCUT2D eigenvalue weighted by Gasteiger charge is 2.42. The monoisotopic (exact) mass is 539 g/mol. The Morgan fingerprint density at radius 3 is 2.61 bits per heavy atom. The highest BCUT2D eigenvalue weighted by atomic mass is 32.2. The summed E-state index contributed by atoms with van der Waals surface area (Å²) in [6, 6.07) is 14.9. The minimum atomic E-state index is -3.15. The van der Waals surface area contributed by atoms with E-state index in [2.05, 4.69) is 0 Å². The first-order chi connectivity index (χ1) is 17.4. The number of rotatable bonds is 4. The van der Waals surface area contributed by atoms with Gasteiger partial charge < -0.3 is 9.47 Å². The number of fused-ring (bicyclic) bond motifs is 1. The average Bonchev–Trinajstić information content (AvgIpc) is 3.54. The van der Waals surface area contributed by atoms with Crippen molar-refractivity contribution in [2.45, 2.75) is 12.5 Å². The van der Waals surface area contributed by atoms with Crippen molar-refractivity contribution < 1.29 is 22.7 Å². The summed E-state index contributed by atoms with van der Waals surface area (Å²) < 4.78 is 37.5. The number of thioether (sulfide) groups is 1. The van der Waals surface area contributed by atoms with Crippen molar-refractivity contribution in [2.24, 2.45) is 0 Å². The molecule has 0 bridgehead atoms. The number of sulfone groups is 1. The third-order valence-electron chi connectivity index (χ3n) is 6.26. The molecule has 2 fully saturated rings. The molecule has 184 valence electrons. The van der Waals surface area contributed by atoms with Gasteiger partial charge in [-0.25, -0.2) is 13.1 Å². The van der Waals surface area contributed by atoms with E-state index >= 15 is 0 Å². The number of para-hydroxylation sites is 1. The lowest BCUT2D eigenvalue weighted by molar-refractivity contribution is -0.123. The number of hydrogen-bond donors (Lipinski definition) is 0. The molecular weight excluding hydrogens is 518 g/mol. The van der Waals surface area contributed by atoms with Crippen LogP contribution in [0.3, 0.4) is 0 Å². The lowest BCUT2D eigenvalue weighted by Crippen LogP contribution is -2.39. The third kappa shape index (κ3) is 4.31. The van der Waals surface area contributed by atoms with Gasteiger partial charge in [-0.1, -0.05) is 42.2 Å². The summed E-state index contributed by atoms with van der Waals surface area (Å²) in [5.74, 6) is 1.08. The number of carbonyl (C=O) groups excluding carboxylic acids is 1. The first kappa shape index (κ1) is 23.3. The Morgan fingerprint density at radius 1 is 1.08 bits per heavy atom. The normalized spacial score (nSPS) is 21.9. The van der Waals surface area contributed by atoms with Gasteiger partial charge in [0.15, 0.2) is 21.3 Å². The van der Waals surface area contributed by atoms with Gasteiger partial charge in [0.05, 0.1) is 28.1 Å². The third-order valence-corrected chi connectivity index (χ3v) is 9.34. The Kier molecular flexibility index (Phi) is 5.85. The van der Waals surface area contributed by atoms with Crippen molar-refractivity contribution in [1.82, 2.24) is 14.7 Å². The van der Waals surface area contributed by atoms with Crippen LogP contribution in [0.4, 0.5) is 0 Å². The summed E-state index contributed by atoms with van der Waals surface area (Å²) in [6.45, 7) is 0.978. The lowest BCUT2D eigenvalue weighted by atomic mass is 10.1. The molecule has 36 heavy (non-hydrogen) atoms. The molecule has 6 rings (SSSR count). The van der Waals surface area contributed by atoms with Gasteiger partial charge in [-0.05, 0) is 42.8 Å². The van der Waals surface area contributed by atoms with Crippen LogP contribution in [0.1, 0.15) is 12.0 Å². The second-order valence-corrected chi connectivity index (χ2v) is 12.6. The van der Waals surface area contributed by atoms with Crippen LogP contribution < -0.4 is 9.47 Å². The maximum atomic E-state index is 13.3. The zero-order valence-electron chi connectivity index (χ0n) is 19.0. The Hall–Kier alpha value is -3.15. The molecule has 2 saturated heterocycles. The van der Waals surface area contributed by atoms with E-state index in [0.717, 1.165) is 16.8 Å². The van der Waals surface area contributed by atoms with Gasteiger partial charge >= 0.3 is 0 Å². The lowest BCUT2D eigenvalue weighted by Gasteiger charge is -2.20. The van der Waals surface area contributed by atoms with Crippen molar-refractivity contribution in [3.63, 3.8) is 0 Å². The summed E-state index contributed by atoms with van der Waals surface area (Å²) in [4.78, 5) is 15.2. The molecule has 3 aliphatic rings. The molecule has 0 saturated carbocycles. The Morgan fingerprint density at radius 2 is 1.86 bits per heavy atom. The number of aromatic nitrogens is 2. The predicted octanol–water partition coefficient (Wildman–Crippen LogP) is 3.70. The Labute approximate surface area is 217 Å². The first-order valence-corrected chi connectivity index (χ1v) is 14.5. The predicted molar refractivity (Wildman–Crippen MR) is 142 cm³/mol. The van der Waals surface area contributed by atoms with E-state index in [9.17, 15) is 13.2 Å². The Bertz CT molecular complexity index is 1510. The quantitative estimate of drug-likeness (QED) is 0.366. The van der Waals surface area contributed by atoms with Gasteiger partial charge in [0.1, 0.15) is 23.2 Å². The van der Waals surface area contributed by atoms with E-state index in [1.807, 2.05) is 54.7 Å². The fraction of sp³-hybridized carbons (Fsp3) is 0.240. The SMILES string of the molecule is O=C1/C(=C/c2cn(-c3ccccc3)nc2-c2ccc3c(c2)OCCO3)SC(=S)N1[C@@H]1CCS(=O)(=O)C1. The summed E-state index contributed by atoms with van der Waals surface area (Å²) in [5.41, 5.74) is 3.09. The Balaban J connectivity index is 1.40. The number of hydrogen-bond acceptors (Lipinski definition) is 8. The zero-order chi connectivity index (χ0) is 24.9. The number of amides is 1. The van der Waals surface area contributed by atoms with Crippen LogP contribution in [0.2, 0.25) is 0 Å². The number of ether oxygens (including phenoxy) is 2. The number of benzene rings is 2. The maximum Gasteiger partial charge on any atom is 0.266 e. The molecule has 3 aromatic rings. The van der Waals surface area contributed by atoms with Gasteiger partial charge in [-0.3, -0.25) is 9.69 Å². The van der Waals surface area contributed by atoms with Crippen molar-refractivity contribution in [3.05, 3.63) is 65.2 Å². The van der Waals surface area contributed by atoms with Gasteiger partial charge in [0.25, 0.3) is 5.91 Å². The van der Waals surface area contributed by atoms with Crippen molar-refractivity contribution in [1.29, 1.82) is 0 Å². The molecule has 11 heteroatoms. The van der Waals surface area contributed by atoms with Gasteiger partial charge in [-0.15, -0.1) is 0 Å². The molecule has 1 amide bonds. The minimum absolute atomic E-state index is 0.0545. The first-order valence-electron chi connectivity index (χ1n) is 11.4. The smallest absolute Gasteiger partial charge is 0.266 e. The van der Waals surface area contributed by atoms with Crippen molar-refractivity contribution in [2.75, 3.05) is 24.7 Å². The molecule has 8 nitrogen and oxygen atoms in total. The summed E-state index contributed by atoms with van der Waals surface area (Å²) >= 11 is 6.67. The minimum Gasteiger partial charge on any atom is -0.486 e. The van der Waals surface area contributed by atoms with Gasteiger partial charge in [0.2, 0.25) is 0 Å². The molecule has 2 aromatic carbocycles. The van der Waals surface area contributed by atoms with Crippen LogP contribution in [0.15, 0.2) is 59.6 Å². The topological polar surface area (TPSA) is 90.7 Å². The van der Waals surface area contributed by atoms with Crippen LogP contribution in [-0.2, 0) is 14.6 Å². The zero-order valence-corrected chi connectivity index (χ0v) is 21.4. The molecule has 0 spiro atoms. The largest absolute Gasteiger partial charge is 0.486 e. The van der Waals surface area contributed by atoms with Crippen LogP contribution in [0.25, 0.3) is 23.0 Å². The van der Waals surface area contributed by atoms with E-state index in [1.165, 1.54) is 16.7 Å². The van der Waals surface area contributed by atoms with Crippen LogP contribution >= 0.6 is 24.0 Å². The van der Waals surface area contributed by atoms with E-state index in [1.54, 1.807) is 10.8 Å². The van der Waals surface area contributed by atoms with E-state index in [-0.39, 0.29) is 17.4 Å². The summed E-state index contributed by atoms with van der Waals surface area (Å²) in [5, 5.41) is 4.83. The standard InChI is InChI=1S/C25H21N3O5S3/c29-24-22(35-25(34)28(24)19-8-11-36(30,31)15-19)13-17-14-27(18-4-2-1-3-5-18)26-23(17)16-6-7-20-21(12-16)33-10-9-32-20/h1-7,12-14,19H,8-11,15H2/b22-13-/t19-/m1/s1. The number of nitrogens with zero attached hydrogens (tertiary/aromatic N) is 3. The van der Waals surface area contributed by atoms with Gasteiger partial charge in [0, 0.05) is 17.3 Å². The maximum absolute atomic E-state index is 13.3. The summed E-state index contributed by atoms with van der Waals surface area (Å²) in [6.07, 6.45) is 4.05. The molecule has 3 aliphatic heterocycles. The van der Waals surface area contributed by atoms with Crippen LogP contribution in [0, 0.1) is 0 Å². The highest BCUT2D eigenvalue weighted by molar-refractivity contribution is 8.26. The second-order valence-electron chi connectivity index (χ2n) is 8.68. The molecule has 0 unspecified atom stereocenters. The number of thiocarbonyl (C=S) groups is 1. The molecule has 4 heterocycles. The molecular formula is C25H21N3O5S3. The molecule has 0 aliphatic carbocycles. The number of carbonyl (C=O) groups is 1. The van der Waals surface area contributed by atoms with E-state index < -0.39 is 15.9 Å². The average molecular weight is 540 g/mol.